The minimum atomic E-state index is -3.85. The van der Waals surface area contributed by atoms with Crippen molar-refractivity contribution in [2.75, 3.05) is 18.4 Å². The maximum absolute atomic E-state index is 13.1. The smallest absolute Gasteiger partial charge is 0.407 e. The van der Waals surface area contributed by atoms with E-state index < -0.39 is 16.1 Å². The first-order valence-electron chi connectivity index (χ1n) is 9.37. The molecule has 0 unspecified atom stereocenters. The Morgan fingerprint density at radius 2 is 1.83 bits per heavy atom. The maximum Gasteiger partial charge on any atom is 0.407 e. The summed E-state index contributed by atoms with van der Waals surface area (Å²) in [5.74, 6) is 0.427. The number of anilines is 1. The number of likely N-dealkylation sites (tertiary alicyclic amines) is 1. The van der Waals surface area contributed by atoms with Crippen molar-refractivity contribution in [3.8, 4) is 0 Å². The summed E-state index contributed by atoms with van der Waals surface area (Å²) in [6.07, 6.45) is 1.72. The molecule has 3 aromatic rings. The van der Waals surface area contributed by atoms with E-state index in [1.807, 2.05) is 6.92 Å². The average molecular weight is 450 g/mol. The van der Waals surface area contributed by atoms with Crippen molar-refractivity contribution in [2.24, 2.45) is 0 Å². The van der Waals surface area contributed by atoms with E-state index in [0.29, 0.717) is 37.1 Å². The molecule has 1 aliphatic heterocycles. The quantitative estimate of drug-likeness (QED) is 0.587. The van der Waals surface area contributed by atoms with Crippen LogP contribution in [0.15, 0.2) is 41.4 Å². The second-order valence-corrected chi connectivity index (χ2v) is 9.35. The van der Waals surface area contributed by atoms with E-state index in [4.69, 9.17) is 16.7 Å². The summed E-state index contributed by atoms with van der Waals surface area (Å²) in [6, 6.07) is 8.19. The molecule has 11 heteroatoms. The van der Waals surface area contributed by atoms with Crippen LogP contribution in [0.3, 0.4) is 0 Å². The summed E-state index contributed by atoms with van der Waals surface area (Å²) < 4.78 is 27.3. The Bertz CT molecular complexity index is 1200. The van der Waals surface area contributed by atoms with Crippen molar-refractivity contribution >= 4 is 44.6 Å². The Morgan fingerprint density at radius 3 is 2.47 bits per heavy atom. The molecule has 1 saturated heterocycles. The molecule has 0 spiro atoms. The van der Waals surface area contributed by atoms with Crippen molar-refractivity contribution in [1.82, 2.24) is 18.8 Å². The zero-order chi connectivity index (χ0) is 21.5. The van der Waals surface area contributed by atoms with Crippen molar-refractivity contribution in [2.45, 2.75) is 30.7 Å². The van der Waals surface area contributed by atoms with Crippen molar-refractivity contribution in [1.29, 1.82) is 0 Å². The molecule has 30 heavy (non-hydrogen) atoms. The van der Waals surface area contributed by atoms with Gasteiger partial charge in [0.1, 0.15) is 5.82 Å². The monoisotopic (exact) mass is 449 g/mol. The van der Waals surface area contributed by atoms with Gasteiger partial charge in [-0.3, -0.25) is 0 Å². The number of nitrogens with one attached hydrogen (secondary N) is 1. The summed E-state index contributed by atoms with van der Waals surface area (Å²) in [6.45, 7) is 2.71. The number of fused-ring (bicyclic) bond motifs is 1. The van der Waals surface area contributed by atoms with E-state index >= 15 is 0 Å². The lowest BCUT2D eigenvalue weighted by atomic mass is 10.1. The molecule has 2 N–H and O–H groups in total. The number of halogens is 1. The second-order valence-electron chi connectivity index (χ2n) is 7.20. The zero-order valence-electron chi connectivity index (χ0n) is 16.1. The summed E-state index contributed by atoms with van der Waals surface area (Å²) in [4.78, 5) is 21.0. The normalized spacial score (nSPS) is 15.5. The fourth-order valence-electron chi connectivity index (χ4n) is 3.50. The van der Waals surface area contributed by atoms with Crippen LogP contribution in [0.25, 0.3) is 11.0 Å². The number of hydrogen-bond donors (Lipinski definition) is 2. The van der Waals surface area contributed by atoms with Gasteiger partial charge in [0.05, 0.1) is 10.3 Å². The molecule has 3 heterocycles. The van der Waals surface area contributed by atoms with Crippen LogP contribution in [0.5, 0.6) is 0 Å². The lowest BCUT2D eigenvalue weighted by Gasteiger charge is -2.30. The van der Waals surface area contributed by atoms with Gasteiger partial charge in [-0.1, -0.05) is 17.7 Å². The number of amides is 1. The lowest BCUT2D eigenvalue weighted by molar-refractivity contribution is 0.134. The van der Waals surface area contributed by atoms with E-state index in [-0.39, 0.29) is 21.9 Å². The number of benzene rings is 1. The van der Waals surface area contributed by atoms with E-state index in [1.165, 1.54) is 11.1 Å². The van der Waals surface area contributed by atoms with Crippen LogP contribution >= 0.6 is 11.6 Å². The fourth-order valence-corrected chi connectivity index (χ4v) is 4.96. The molecule has 4 rings (SSSR count). The Balaban J connectivity index is 1.67. The molecule has 9 nitrogen and oxygen atoms in total. The first-order chi connectivity index (χ1) is 14.3. The summed E-state index contributed by atoms with van der Waals surface area (Å²) in [5.41, 5.74) is 1.14. The molecule has 0 aliphatic carbocycles. The number of rotatable bonds is 4. The van der Waals surface area contributed by atoms with Crippen LogP contribution < -0.4 is 5.32 Å². The van der Waals surface area contributed by atoms with Gasteiger partial charge >= 0.3 is 6.09 Å². The molecular formula is C19H20ClN5O4S. The van der Waals surface area contributed by atoms with Gasteiger partial charge in [0.25, 0.3) is 10.0 Å². The largest absolute Gasteiger partial charge is 0.465 e. The number of carboxylic acid groups (broad SMARTS) is 1. The van der Waals surface area contributed by atoms with Crippen molar-refractivity contribution < 1.29 is 18.3 Å². The summed E-state index contributed by atoms with van der Waals surface area (Å²) in [7, 11) is -3.85. The van der Waals surface area contributed by atoms with Crippen molar-refractivity contribution in [3.05, 3.63) is 47.4 Å². The highest BCUT2D eigenvalue weighted by Crippen LogP contribution is 2.28. The zero-order valence-corrected chi connectivity index (χ0v) is 17.7. The van der Waals surface area contributed by atoms with Gasteiger partial charge in [0.15, 0.2) is 5.65 Å². The molecule has 1 aromatic carbocycles. The molecular weight excluding hydrogens is 430 g/mol. The summed E-state index contributed by atoms with van der Waals surface area (Å²) in [5, 5.41) is 12.8. The number of nitrogens with zero attached hydrogens (tertiary/aromatic N) is 4. The highest BCUT2D eigenvalue weighted by Gasteiger charge is 2.25. The molecule has 1 aliphatic rings. The third-order valence-corrected chi connectivity index (χ3v) is 7.02. The first kappa shape index (κ1) is 20.4. The van der Waals surface area contributed by atoms with Gasteiger partial charge < -0.3 is 15.3 Å². The summed E-state index contributed by atoms with van der Waals surface area (Å²) >= 11 is 6.10. The molecule has 0 saturated carbocycles. The maximum atomic E-state index is 13.1. The Morgan fingerprint density at radius 1 is 1.17 bits per heavy atom. The molecule has 1 fully saturated rings. The lowest BCUT2D eigenvalue weighted by Crippen LogP contribution is -2.41. The SMILES string of the molecule is Cc1ccc(S(=O)(=O)n2ccc3c(NC4CCN(C(=O)O)CC4)nc(Cl)nc32)cc1. The van der Waals surface area contributed by atoms with Crippen LogP contribution in [0, 0.1) is 6.92 Å². The minimum absolute atomic E-state index is 0.00757. The third-order valence-electron chi connectivity index (χ3n) is 5.17. The number of aryl methyl sites for hydroxylation is 1. The van der Waals surface area contributed by atoms with Crippen molar-refractivity contribution in [3.63, 3.8) is 0 Å². The standard InChI is InChI=1S/C19H20ClN5O4S/c1-12-2-4-14(5-3-12)30(28,29)25-11-8-15-16(22-18(20)23-17(15)25)21-13-6-9-24(10-7-13)19(26)27/h2-5,8,11,13H,6-7,9-10H2,1H3,(H,26,27)(H,21,22,23). The predicted octanol–water partition coefficient (Wildman–Crippen LogP) is 3.18. The predicted molar refractivity (Wildman–Crippen MR) is 113 cm³/mol. The van der Waals surface area contributed by atoms with E-state index in [0.717, 1.165) is 9.54 Å². The van der Waals surface area contributed by atoms with E-state index in [2.05, 4.69) is 15.3 Å². The first-order valence-corrected chi connectivity index (χ1v) is 11.2. The molecule has 158 valence electrons. The number of piperidine rings is 1. The minimum Gasteiger partial charge on any atom is -0.465 e. The second kappa shape index (κ2) is 7.77. The number of aromatic nitrogens is 3. The van der Waals surface area contributed by atoms with Crippen LogP contribution in [0.2, 0.25) is 5.28 Å². The van der Waals surface area contributed by atoms with Crippen LogP contribution in [0.1, 0.15) is 18.4 Å². The molecule has 0 radical (unpaired) electrons. The van der Waals surface area contributed by atoms with Gasteiger partial charge in [0, 0.05) is 25.3 Å². The molecule has 1 amide bonds. The Kier molecular flexibility index (Phi) is 5.29. The number of carbonyl (C=O) groups is 1. The highest BCUT2D eigenvalue weighted by atomic mass is 35.5. The van der Waals surface area contributed by atoms with E-state index in [1.54, 1.807) is 30.3 Å². The van der Waals surface area contributed by atoms with Gasteiger partial charge in [-0.15, -0.1) is 0 Å². The van der Waals surface area contributed by atoms with E-state index in [9.17, 15) is 13.2 Å². The van der Waals surface area contributed by atoms with Crippen LogP contribution in [-0.4, -0.2) is 57.6 Å². The highest BCUT2D eigenvalue weighted by molar-refractivity contribution is 7.90. The topological polar surface area (TPSA) is 117 Å². The van der Waals surface area contributed by atoms with Gasteiger partial charge in [-0.05, 0) is 49.6 Å². The fraction of sp³-hybridized carbons (Fsp3) is 0.316. The average Bonchev–Trinajstić information content (AvgIpc) is 3.13. The Hall–Kier alpha value is -2.85. The van der Waals surface area contributed by atoms with Gasteiger partial charge in [0.2, 0.25) is 5.28 Å². The van der Waals surface area contributed by atoms with Gasteiger partial charge in [-0.25, -0.2) is 22.2 Å². The van der Waals surface area contributed by atoms with Gasteiger partial charge in [-0.2, -0.15) is 4.98 Å². The van der Waals surface area contributed by atoms with Crippen LogP contribution in [-0.2, 0) is 10.0 Å². The third kappa shape index (κ3) is 3.80. The molecule has 2 aromatic heterocycles. The number of hydrogen-bond acceptors (Lipinski definition) is 6. The molecule has 0 atom stereocenters. The molecule has 0 bridgehead atoms. The van der Waals surface area contributed by atoms with Crippen LogP contribution in [0.4, 0.5) is 10.6 Å². The Labute approximate surface area is 178 Å².